The molecule has 1 unspecified atom stereocenters. The highest BCUT2D eigenvalue weighted by molar-refractivity contribution is 7.86. The van der Waals surface area contributed by atoms with Crippen LogP contribution in [0.1, 0.15) is 31.7 Å². The average molecular weight is 337 g/mol. The predicted octanol–water partition coefficient (Wildman–Crippen LogP) is 2.14. The summed E-state index contributed by atoms with van der Waals surface area (Å²) in [5, 5.41) is 8.80. The highest BCUT2D eigenvalue weighted by Crippen LogP contribution is 2.32. The lowest BCUT2D eigenvalue weighted by Gasteiger charge is -2.30. The highest BCUT2D eigenvalue weighted by atomic mass is 32.2. The fourth-order valence-corrected chi connectivity index (χ4v) is 4.09. The first-order valence-electron chi connectivity index (χ1n) is 7.64. The number of hydrogen-bond acceptors (Lipinski definition) is 4. The summed E-state index contributed by atoms with van der Waals surface area (Å²) in [6.45, 7) is 2.08. The Bertz CT molecular complexity index is 663. The van der Waals surface area contributed by atoms with Crippen LogP contribution in [0.25, 0.3) is 0 Å². The normalized spacial score (nSPS) is 16.3. The first-order valence-corrected chi connectivity index (χ1v) is 9.04. The van der Waals surface area contributed by atoms with Gasteiger partial charge in [0.1, 0.15) is 5.75 Å². The maximum Gasteiger partial charge on any atom is 0.282 e. The molecule has 1 aromatic carbocycles. The van der Waals surface area contributed by atoms with Gasteiger partial charge in [-0.1, -0.05) is 12.1 Å². The van der Waals surface area contributed by atoms with Crippen molar-refractivity contribution < 1.29 is 13.2 Å². The smallest absolute Gasteiger partial charge is 0.282 e. The van der Waals surface area contributed by atoms with E-state index in [1.54, 1.807) is 25.4 Å². The zero-order valence-corrected chi connectivity index (χ0v) is 14.6. The Kier molecular flexibility index (Phi) is 5.63. The molecule has 126 valence electrons. The van der Waals surface area contributed by atoms with Gasteiger partial charge in [0.25, 0.3) is 10.2 Å². The summed E-state index contributed by atoms with van der Waals surface area (Å²) in [6, 6.07) is 9.15. The standard InChI is InChI=1S/C16H23N3O3S/c1-13(10-11-17)18(2)23(20,21)19(15-6-7-15)12-14-4-8-16(22-3)9-5-14/h4-5,8-9,13,15H,6-7,10,12H2,1-3H3. The molecule has 0 N–H and O–H groups in total. The second kappa shape index (κ2) is 7.30. The van der Waals surface area contributed by atoms with Gasteiger partial charge < -0.3 is 4.74 Å². The molecule has 7 heteroatoms. The minimum atomic E-state index is -3.59. The van der Waals surface area contributed by atoms with Crippen molar-refractivity contribution in [2.75, 3.05) is 14.2 Å². The maximum atomic E-state index is 12.9. The SMILES string of the molecule is COc1ccc(CN(C2CC2)S(=O)(=O)N(C)C(C)CC#N)cc1. The van der Waals surface area contributed by atoms with E-state index in [4.69, 9.17) is 10.00 Å². The molecule has 0 aromatic heterocycles. The van der Waals surface area contributed by atoms with Crippen molar-refractivity contribution in [1.29, 1.82) is 5.26 Å². The van der Waals surface area contributed by atoms with Gasteiger partial charge in [-0.3, -0.25) is 0 Å². The highest BCUT2D eigenvalue weighted by Gasteiger charge is 2.40. The van der Waals surface area contributed by atoms with E-state index in [1.807, 2.05) is 30.3 Å². The number of hydrogen-bond donors (Lipinski definition) is 0. The molecule has 6 nitrogen and oxygen atoms in total. The molecule has 0 aliphatic heterocycles. The summed E-state index contributed by atoms with van der Waals surface area (Å²) in [5.74, 6) is 0.745. The minimum absolute atomic E-state index is 0.0545. The number of benzene rings is 1. The van der Waals surface area contributed by atoms with E-state index in [-0.39, 0.29) is 18.5 Å². The Labute approximate surface area is 138 Å². The third-order valence-corrected chi connectivity index (χ3v) is 6.23. The van der Waals surface area contributed by atoms with Crippen molar-refractivity contribution in [2.24, 2.45) is 0 Å². The molecule has 0 bridgehead atoms. The molecule has 1 saturated carbocycles. The van der Waals surface area contributed by atoms with Crippen molar-refractivity contribution in [3.05, 3.63) is 29.8 Å². The van der Waals surface area contributed by atoms with E-state index in [2.05, 4.69) is 0 Å². The van der Waals surface area contributed by atoms with E-state index >= 15 is 0 Å². The fraction of sp³-hybridized carbons (Fsp3) is 0.562. The molecule has 0 radical (unpaired) electrons. The average Bonchev–Trinajstić information content (AvgIpc) is 3.37. The summed E-state index contributed by atoms with van der Waals surface area (Å²) >= 11 is 0. The van der Waals surface area contributed by atoms with Gasteiger partial charge in [-0.05, 0) is 37.5 Å². The molecule has 1 fully saturated rings. The fourth-order valence-electron chi connectivity index (χ4n) is 2.33. The summed E-state index contributed by atoms with van der Waals surface area (Å²) in [4.78, 5) is 0. The predicted molar refractivity (Wildman–Crippen MR) is 87.9 cm³/mol. The molecule has 23 heavy (non-hydrogen) atoms. The Hall–Kier alpha value is -1.62. The van der Waals surface area contributed by atoms with Crippen LogP contribution in [0.3, 0.4) is 0 Å². The maximum absolute atomic E-state index is 12.9. The van der Waals surface area contributed by atoms with Crippen LogP contribution in [0.15, 0.2) is 24.3 Å². The minimum Gasteiger partial charge on any atom is -0.497 e. The van der Waals surface area contributed by atoms with Crippen LogP contribution < -0.4 is 4.74 Å². The van der Waals surface area contributed by atoms with Gasteiger partial charge in [0.05, 0.1) is 19.6 Å². The number of methoxy groups -OCH3 is 1. The van der Waals surface area contributed by atoms with Gasteiger partial charge in [-0.25, -0.2) is 0 Å². The summed E-state index contributed by atoms with van der Waals surface area (Å²) in [5.41, 5.74) is 0.919. The van der Waals surface area contributed by atoms with Crippen LogP contribution in [0, 0.1) is 11.3 Å². The molecule has 0 heterocycles. The van der Waals surface area contributed by atoms with Crippen LogP contribution in [0.2, 0.25) is 0 Å². The van der Waals surface area contributed by atoms with E-state index in [0.717, 1.165) is 24.2 Å². The van der Waals surface area contributed by atoms with Gasteiger partial charge in [0.2, 0.25) is 0 Å². The van der Waals surface area contributed by atoms with Crippen molar-refractivity contribution in [2.45, 2.75) is 44.8 Å². The van der Waals surface area contributed by atoms with E-state index < -0.39 is 10.2 Å². The third-order valence-electron chi connectivity index (χ3n) is 4.12. The zero-order valence-electron chi connectivity index (χ0n) is 13.8. The van der Waals surface area contributed by atoms with E-state index in [0.29, 0.717) is 6.54 Å². The van der Waals surface area contributed by atoms with Crippen molar-refractivity contribution >= 4 is 10.2 Å². The largest absolute Gasteiger partial charge is 0.497 e. The van der Waals surface area contributed by atoms with Crippen LogP contribution in [0.5, 0.6) is 5.75 Å². The number of nitrogens with zero attached hydrogens (tertiary/aromatic N) is 3. The zero-order chi connectivity index (χ0) is 17.0. The van der Waals surface area contributed by atoms with Gasteiger partial charge in [-0.2, -0.15) is 22.3 Å². The molecule has 1 aliphatic rings. The molecule has 1 aromatic rings. The molecule has 2 rings (SSSR count). The summed E-state index contributed by atoms with van der Waals surface area (Å²) < 4.78 is 33.7. The van der Waals surface area contributed by atoms with Crippen LogP contribution in [0.4, 0.5) is 0 Å². The Morgan fingerprint density at radius 3 is 2.43 bits per heavy atom. The molecule has 0 amide bonds. The van der Waals surface area contributed by atoms with Crippen LogP contribution >= 0.6 is 0 Å². The summed E-state index contributed by atoms with van der Waals surface area (Å²) in [6.07, 6.45) is 1.95. The number of ether oxygens (including phenoxy) is 1. The third kappa shape index (κ3) is 4.22. The van der Waals surface area contributed by atoms with E-state index in [9.17, 15) is 8.42 Å². The molecule has 1 aliphatic carbocycles. The lowest BCUT2D eigenvalue weighted by atomic mass is 10.2. The van der Waals surface area contributed by atoms with Crippen molar-refractivity contribution in [3.8, 4) is 11.8 Å². The van der Waals surface area contributed by atoms with Gasteiger partial charge in [-0.15, -0.1) is 0 Å². The Morgan fingerprint density at radius 2 is 1.96 bits per heavy atom. The number of rotatable bonds is 8. The van der Waals surface area contributed by atoms with Crippen LogP contribution in [-0.4, -0.2) is 43.3 Å². The molecule has 1 atom stereocenters. The molecule has 0 spiro atoms. The summed E-state index contributed by atoms with van der Waals surface area (Å²) in [7, 11) is -0.448. The van der Waals surface area contributed by atoms with Gasteiger partial charge in [0.15, 0.2) is 0 Å². The van der Waals surface area contributed by atoms with Crippen LogP contribution in [-0.2, 0) is 16.8 Å². The van der Waals surface area contributed by atoms with Crippen molar-refractivity contribution in [1.82, 2.24) is 8.61 Å². The first-order chi connectivity index (χ1) is 10.9. The second-order valence-electron chi connectivity index (χ2n) is 5.86. The Morgan fingerprint density at radius 1 is 1.35 bits per heavy atom. The first kappa shape index (κ1) is 17.7. The molecule has 0 saturated heterocycles. The number of nitriles is 1. The topological polar surface area (TPSA) is 73.6 Å². The van der Waals surface area contributed by atoms with Crippen molar-refractivity contribution in [3.63, 3.8) is 0 Å². The monoisotopic (exact) mass is 337 g/mol. The molecular weight excluding hydrogens is 314 g/mol. The molecular formula is C16H23N3O3S. The second-order valence-corrected chi connectivity index (χ2v) is 7.80. The quantitative estimate of drug-likeness (QED) is 0.728. The Balaban J connectivity index is 2.18. The van der Waals surface area contributed by atoms with Gasteiger partial charge in [0, 0.05) is 25.7 Å². The lowest BCUT2D eigenvalue weighted by molar-refractivity contribution is 0.318. The lowest BCUT2D eigenvalue weighted by Crippen LogP contribution is -2.46. The van der Waals surface area contributed by atoms with Gasteiger partial charge >= 0.3 is 0 Å². The van der Waals surface area contributed by atoms with E-state index in [1.165, 1.54) is 4.31 Å².